The zero-order valence-electron chi connectivity index (χ0n) is 16.1. The number of nitrogens with zero attached hydrogens (tertiary/aromatic N) is 1. The summed E-state index contributed by atoms with van der Waals surface area (Å²) in [5, 5.41) is 0. The number of para-hydroxylation sites is 1. The van der Waals surface area contributed by atoms with Crippen LogP contribution in [0.1, 0.15) is 28.5 Å². The lowest BCUT2D eigenvalue weighted by Gasteiger charge is -2.37. The lowest BCUT2D eigenvalue weighted by atomic mass is 9.78. The normalized spacial score (nSPS) is 18.6. The van der Waals surface area contributed by atoms with Gasteiger partial charge in [-0.2, -0.15) is 0 Å². The Bertz CT molecular complexity index is 1260. The van der Waals surface area contributed by atoms with E-state index in [2.05, 4.69) is 5.92 Å². The third kappa shape index (κ3) is 3.17. The van der Waals surface area contributed by atoms with Crippen molar-refractivity contribution in [2.75, 3.05) is 4.31 Å². The first kappa shape index (κ1) is 19.9. The summed E-state index contributed by atoms with van der Waals surface area (Å²) in [5.74, 6) is -0.111. The molecule has 1 amide bonds. The van der Waals surface area contributed by atoms with Gasteiger partial charge in [0.15, 0.2) is 0 Å². The molecule has 150 valence electrons. The van der Waals surface area contributed by atoms with E-state index >= 15 is 0 Å². The Hall–Kier alpha value is -3.43. The first-order valence-electron chi connectivity index (χ1n) is 9.31. The lowest BCUT2D eigenvalue weighted by molar-refractivity contribution is -0.119. The molecule has 6 heteroatoms. The summed E-state index contributed by atoms with van der Waals surface area (Å²) in [6.07, 6.45) is 5.78. The number of hydrogen-bond acceptors (Lipinski definition) is 3. The zero-order chi connectivity index (χ0) is 21.5. The fourth-order valence-corrected chi connectivity index (χ4v) is 5.22. The molecule has 4 nitrogen and oxygen atoms in total. The molecule has 0 radical (unpaired) electrons. The molecule has 3 aromatic rings. The fraction of sp³-hybridized carbons (Fsp3) is 0.125. The molecule has 0 N–H and O–H groups in total. The van der Waals surface area contributed by atoms with Gasteiger partial charge in [0.2, 0.25) is 5.91 Å². The second kappa shape index (κ2) is 7.43. The van der Waals surface area contributed by atoms with Crippen molar-refractivity contribution in [3.63, 3.8) is 0 Å². The summed E-state index contributed by atoms with van der Waals surface area (Å²) >= 11 is 0. The van der Waals surface area contributed by atoms with Gasteiger partial charge in [-0.3, -0.25) is 4.79 Å². The highest BCUT2D eigenvalue weighted by atomic mass is 32.2. The highest BCUT2D eigenvalue weighted by Crippen LogP contribution is 2.45. The summed E-state index contributed by atoms with van der Waals surface area (Å²) in [6, 6.07) is 18.4. The highest BCUT2D eigenvalue weighted by molar-refractivity contribution is 7.93. The monoisotopic (exact) mass is 419 g/mol. The van der Waals surface area contributed by atoms with E-state index in [1.807, 2.05) is 6.92 Å². The van der Waals surface area contributed by atoms with E-state index < -0.39 is 33.6 Å². The molecule has 2 atom stereocenters. The zero-order valence-corrected chi connectivity index (χ0v) is 16.9. The molecule has 0 fully saturated rings. The molecule has 3 aromatic carbocycles. The number of sulfonamides is 1. The molecular formula is C24H18FNO3S. The second-order valence-electron chi connectivity index (χ2n) is 7.15. The smallest absolute Gasteiger partial charge is 0.270 e. The van der Waals surface area contributed by atoms with Gasteiger partial charge in [-0.05, 0) is 48.4 Å². The molecule has 0 spiro atoms. The minimum absolute atomic E-state index is 0.00765. The number of halogens is 1. The molecule has 1 aliphatic rings. The third-order valence-corrected chi connectivity index (χ3v) is 6.98. The summed E-state index contributed by atoms with van der Waals surface area (Å²) in [7, 11) is -4.18. The minimum Gasteiger partial charge on any atom is -0.273 e. The van der Waals surface area contributed by atoms with E-state index in [1.165, 1.54) is 36.4 Å². The summed E-state index contributed by atoms with van der Waals surface area (Å²) in [4.78, 5) is 13.6. The molecule has 0 saturated heterocycles. The molecule has 0 aromatic heterocycles. The largest absolute Gasteiger partial charge is 0.273 e. The molecule has 30 heavy (non-hydrogen) atoms. The molecule has 1 heterocycles. The van der Waals surface area contributed by atoms with Crippen molar-refractivity contribution in [3.05, 3.63) is 95.3 Å². The van der Waals surface area contributed by atoms with Crippen LogP contribution in [-0.4, -0.2) is 14.3 Å². The summed E-state index contributed by atoms with van der Waals surface area (Å²) in [5.41, 5.74) is 2.16. The van der Waals surface area contributed by atoms with Gasteiger partial charge in [0.25, 0.3) is 10.0 Å². The average Bonchev–Trinajstić information content (AvgIpc) is 2.73. The van der Waals surface area contributed by atoms with Gasteiger partial charge in [0.05, 0.1) is 22.4 Å². The van der Waals surface area contributed by atoms with Crippen LogP contribution in [0.5, 0.6) is 0 Å². The number of amides is 1. The lowest BCUT2D eigenvalue weighted by Crippen LogP contribution is -2.45. The van der Waals surface area contributed by atoms with E-state index in [0.29, 0.717) is 11.1 Å². The molecule has 0 bridgehead atoms. The molecule has 0 aliphatic carbocycles. The maximum absolute atomic E-state index is 13.6. The van der Waals surface area contributed by atoms with E-state index in [0.717, 1.165) is 9.87 Å². The average molecular weight is 419 g/mol. The van der Waals surface area contributed by atoms with Crippen molar-refractivity contribution in [2.45, 2.75) is 23.7 Å². The van der Waals surface area contributed by atoms with Crippen LogP contribution in [0.3, 0.4) is 0 Å². The number of benzene rings is 3. The van der Waals surface area contributed by atoms with Crippen LogP contribution in [-0.2, 0) is 14.8 Å². The number of carbonyl (C=O) groups is 1. The highest BCUT2D eigenvalue weighted by Gasteiger charge is 2.45. The van der Waals surface area contributed by atoms with E-state index in [4.69, 9.17) is 6.42 Å². The van der Waals surface area contributed by atoms with Crippen LogP contribution in [0.25, 0.3) is 0 Å². The van der Waals surface area contributed by atoms with Crippen LogP contribution in [0, 0.1) is 25.1 Å². The Kier molecular flexibility index (Phi) is 4.92. The molecule has 1 aliphatic heterocycles. The Balaban J connectivity index is 1.94. The summed E-state index contributed by atoms with van der Waals surface area (Å²) in [6.45, 7) is 1.85. The molecule has 0 unspecified atom stereocenters. The van der Waals surface area contributed by atoms with Crippen molar-refractivity contribution >= 4 is 21.6 Å². The van der Waals surface area contributed by atoms with Crippen LogP contribution in [0.4, 0.5) is 10.1 Å². The Morgan fingerprint density at radius 3 is 2.23 bits per heavy atom. The van der Waals surface area contributed by atoms with Crippen molar-refractivity contribution in [2.24, 2.45) is 0 Å². The van der Waals surface area contributed by atoms with E-state index in [1.54, 1.807) is 36.4 Å². The Morgan fingerprint density at radius 2 is 1.60 bits per heavy atom. The maximum Gasteiger partial charge on any atom is 0.270 e. The van der Waals surface area contributed by atoms with Gasteiger partial charge in [0, 0.05) is 0 Å². The number of fused-ring (bicyclic) bond motifs is 1. The third-order valence-electron chi connectivity index (χ3n) is 5.26. The van der Waals surface area contributed by atoms with Gasteiger partial charge in [0.1, 0.15) is 5.82 Å². The van der Waals surface area contributed by atoms with Crippen molar-refractivity contribution in [3.8, 4) is 12.3 Å². The van der Waals surface area contributed by atoms with Crippen LogP contribution in [0.15, 0.2) is 77.7 Å². The topological polar surface area (TPSA) is 54.5 Å². The number of terminal acetylenes is 1. The SMILES string of the molecule is C#C[C@H]1c2ccccc2N(S(=O)(=O)c2ccc(C)cc2)C(=O)[C@@H]1c1ccc(F)cc1. The molecule has 0 saturated carbocycles. The van der Waals surface area contributed by atoms with Crippen LogP contribution in [0.2, 0.25) is 0 Å². The fourth-order valence-electron chi connectivity index (χ4n) is 3.76. The number of rotatable bonds is 3. The van der Waals surface area contributed by atoms with Gasteiger partial charge < -0.3 is 0 Å². The molecule has 4 rings (SSSR count). The maximum atomic E-state index is 13.6. The van der Waals surface area contributed by atoms with Gasteiger partial charge in [-0.1, -0.05) is 53.9 Å². The summed E-state index contributed by atoms with van der Waals surface area (Å²) < 4.78 is 41.3. The standard InChI is InChI=1S/C24H18FNO3S/c1-3-20-21-6-4-5-7-22(21)26(30(28,29)19-14-8-16(2)9-15-19)24(27)23(20)17-10-12-18(25)13-11-17/h1,4-15,20,23H,2H3/t20-,23+/m0/s1. The number of hydrogen-bond donors (Lipinski definition) is 0. The quantitative estimate of drug-likeness (QED) is 0.593. The van der Waals surface area contributed by atoms with Crippen molar-refractivity contribution in [1.29, 1.82) is 0 Å². The van der Waals surface area contributed by atoms with Crippen molar-refractivity contribution < 1.29 is 17.6 Å². The van der Waals surface area contributed by atoms with Gasteiger partial charge in [-0.15, -0.1) is 6.42 Å². The van der Waals surface area contributed by atoms with E-state index in [-0.39, 0.29) is 10.6 Å². The predicted molar refractivity (Wildman–Crippen MR) is 113 cm³/mol. The Labute approximate surface area is 175 Å². The van der Waals surface area contributed by atoms with E-state index in [9.17, 15) is 17.6 Å². The first-order valence-corrected chi connectivity index (χ1v) is 10.7. The predicted octanol–water partition coefficient (Wildman–Crippen LogP) is 4.37. The van der Waals surface area contributed by atoms with Crippen LogP contribution < -0.4 is 4.31 Å². The molecular weight excluding hydrogens is 401 g/mol. The van der Waals surface area contributed by atoms with Gasteiger partial charge in [-0.25, -0.2) is 17.1 Å². The number of aryl methyl sites for hydroxylation is 1. The second-order valence-corrected chi connectivity index (χ2v) is 8.94. The number of anilines is 1. The Morgan fingerprint density at radius 1 is 0.967 bits per heavy atom. The minimum atomic E-state index is -4.18. The van der Waals surface area contributed by atoms with Crippen molar-refractivity contribution in [1.82, 2.24) is 0 Å². The first-order chi connectivity index (χ1) is 14.3. The van der Waals surface area contributed by atoms with Gasteiger partial charge >= 0.3 is 0 Å². The number of carbonyl (C=O) groups excluding carboxylic acids is 1. The van der Waals surface area contributed by atoms with Crippen LogP contribution >= 0.6 is 0 Å².